The summed E-state index contributed by atoms with van der Waals surface area (Å²) in [6.07, 6.45) is 2.10. The standard InChI is InChI=1S/C16H22BrN3O/c1-2-18-9-11-5-6-12(17)8-14(11)20-7-3-4-13-15(20)10-19-16(13)21/h5-6,8,13,15,18H,2-4,7,9-10H2,1H3,(H,19,21). The second-order valence-corrected chi connectivity index (χ2v) is 6.72. The SMILES string of the molecule is CCNCc1ccc(Br)cc1N1CCCC2C(=O)NCC21. The number of benzene rings is 1. The van der Waals surface area contributed by atoms with E-state index in [0.29, 0.717) is 6.04 Å². The van der Waals surface area contributed by atoms with Gasteiger partial charge in [-0.25, -0.2) is 0 Å². The number of fused-ring (bicyclic) bond motifs is 1. The van der Waals surface area contributed by atoms with Gasteiger partial charge in [0.05, 0.1) is 12.0 Å². The first-order valence-electron chi connectivity index (χ1n) is 7.74. The number of hydrogen-bond donors (Lipinski definition) is 2. The minimum absolute atomic E-state index is 0.157. The number of carbonyl (C=O) groups excluding carboxylic acids is 1. The topological polar surface area (TPSA) is 44.4 Å². The molecule has 2 saturated heterocycles. The van der Waals surface area contributed by atoms with Crippen LogP contribution in [0.3, 0.4) is 0 Å². The third kappa shape index (κ3) is 2.94. The number of hydrogen-bond acceptors (Lipinski definition) is 3. The molecule has 2 atom stereocenters. The molecule has 1 aromatic carbocycles. The van der Waals surface area contributed by atoms with E-state index in [1.165, 1.54) is 11.3 Å². The highest BCUT2D eigenvalue weighted by atomic mass is 79.9. The summed E-state index contributed by atoms with van der Waals surface area (Å²) in [6.45, 7) is 5.76. The molecule has 2 fully saturated rings. The molecule has 1 amide bonds. The maximum Gasteiger partial charge on any atom is 0.225 e. The van der Waals surface area contributed by atoms with Gasteiger partial charge in [0.1, 0.15) is 0 Å². The predicted molar refractivity (Wildman–Crippen MR) is 88.4 cm³/mol. The summed E-state index contributed by atoms with van der Waals surface area (Å²) in [5.41, 5.74) is 2.57. The number of piperidine rings is 1. The molecule has 5 heteroatoms. The van der Waals surface area contributed by atoms with Gasteiger partial charge in [-0.15, -0.1) is 0 Å². The number of rotatable bonds is 4. The lowest BCUT2D eigenvalue weighted by Gasteiger charge is -2.39. The molecular weight excluding hydrogens is 330 g/mol. The minimum atomic E-state index is 0.157. The maximum absolute atomic E-state index is 11.9. The molecule has 2 heterocycles. The van der Waals surface area contributed by atoms with Crippen molar-refractivity contribution in [2.24, 2.45) is 5.92 Å². The zero-order valence-electron chi connectivity index (χ0n) is 12.4. The Labute approximate surface area is 134 Å². The van der Waals surface area contributed by atoms with E-state index in [-0.39, 0.29) is 11.8 Å². The van der Waals surface area contributed by atoms with Crippen LogP contribution in [-0.2, 0) is 11.3 Å². The van der Waals surface area contributed by atoms with E-state index in [1.54, 1.807) is 0 Å². The van der Waals surface area contributed by atoms with E-state index in [4.69, 9.17) is 0 Å². The lowest BCUT2D eigenvalue weighted by Crippen LogP contribution is -2.46. The fourth-order valence-corrected chi connectivity index (χ4v) is 3.81. The molecule has 0 aliphatic carbocycles. The molecule has 2 N–H and O–H groups in total. The second-order valence-electron chi connectivity index (χ2n) is 5.81. The largest absolute Gasteiger partial charge is 0.366 e. The monoisotopic (exact) mass is 351 g/mol. The normalized spacial score (nSPS) is 24.9. The van der Waals surface area contributed by atoms with Crippen molar-refractivity contribution in [1.29, 1.82) is 0 Å². The third-order valence-corrected chi connectivity index (χ3v) is 5.02. The molecule has 0 aromatic heterocycles. The Bertz CT molecular complexity index is 534. The second kappa shape index (κ2) is 6.36. The summed E-state index contributed by atoms with van der Waals surface area (Å²) in [7, 11) is 0. The van der Waals surface area contributed by atoms with Gasteiger partial charge in [0.2, 0.25) is 5.91 Å². The Morgan fingerprint density at radius 3 is 3.14 bits per heavy atom. The molecule has 21 heavy (non-hydrogen) atoms. The van der Waals surface area contributed by atoms with Gasteiger partial charge in [0.15, 0.2) is 0 Å². The number of nitrogens with zero attached hydrogens (tertiary/aromatic N) is 1. The average molecular weight is 352 g/mol. The first-order valence-corrected chi connectivity index (χ1v) is 8.53. The van der Waals surface area contributed by atoms with E-state index in [2.05, 4.69) is 56.6 Å². The number of carbonyl (C=O) groups is 1. The van der Waals surface area contributed by atoms with Crippen molar-refractivity contribution >= 4 is 27.5 Å². The van der Waals surface area contributed by atoms with Crippen LogP contribution in [0.15, 0.2) is 22.7 Å². The Morgan fingerprint density at radius 1 is 1.48 bits per heavy atom. The molecule has 2 unspecified atom stereocenters. The van der Waals surface area contributed by atoms with Crippen LogP contribution in [0.4, 0.5) is 5.69 Å². The molecule has 3 rings (SSSR count). The van der Waals surface area contributed by atoms with Crippen LogP contribution < -0.4 is 15.5 Å². The lowest BCUT2D eigenvalue weighted by molar-refractivity contribution is -0.122. The van der Waals surface area contributed by atoms with E-state index < -0.39 is 0 Å². The Morgan fingerprint density at radius 2 is 2.33 bits per heavy atom. The van der Waals surface area contributed by atoms with Crippen molar-refractivity contribution in [1.82, 2.24) is 10.6 Å². The van der Waals surface area contributed by atoms with Crippen molar-refractivity contribution in [3.8, 4) is 0 Å². The first-order chi connectivity index (χ1) is 10.2. The molecule has 0 spiro atoms. The van der Waals surface area contributed by atoms with Gasteiger partial charge in [0, 0.05) is 29.8 Å². The van der Waals surface area contributed by atoms with E-state index in [1.807, 2.05) is 0 Å². The van der Waals surface area contributed by atoms with Crippen molar-refractivity contribution < 1.29 is 4.79 Å². The molecule has 4 nitrogen and oxygen atoms in total. The fraction of sp³-hybridized carbons (Fsp3) is 0.562. The van der Waals surface area contributed by atoms with Gasteiger partial charge < -0.3 is 15.5 Å². The zero-order chi connectivity index (χ0) is 14.8. The number of anilines is 1. The zero-order valence-corrected chi connectivity index (χ0v) is 13.9. The van der Waals surface area contributed by atoms with E-state index in [9.17, 15) is 4.79 Å². The van der Waals surface area contributed by atoms with Crippen molar-refractivity contribution in [2.75, 3.05) is 24.5 Å². The summed E-state index contributed by atoms with van der Waals surface area (Å²) in [5, 5.41) is 6.44. The fourth-order valence-electron chi connectivity index (χ4n) is 3.46. The Hall–Kier alpha value is -1.07. The van der Waals surface area contributed by atoms with Crippen LogP contribution in [0.1, 0.15) is 25.3 Å². The van der Waals surface area contributed by atoms with Crippen LogP contribution in [0, 0.1) is 5.92 Å². The van der Waals surface area contributed by atoms with Gasteiger partial charge >= 0.3 is 0 Å². The number of halogens is 1. The van der Waals surface area contributed by atoms with Gasteiger partial charge in [-0.1, -0.05) is 28.9 Å². The lowest BCUT2D eigenvalue weighted by atomic mass is 9.90. The van der Waals surface area contributed by atoms with Crippen LogP contribution in [0.5, 0.6) is 0 Å². The van der Waals surface area contributed by atoms with Gasteiger partial charge in [-0.3, -0.25) is 4.79 Å². The molecule has 1 aromatic rings. The summed E-state index contributed by atoms with van der Waals surface area (Å²) in [4.78, 5) is 14.4. The van der Waals surface area contributed by atoms with E-state index in [0.717, 1.165) is 43.5 Å². The van der Waals surface area contributed by atoms with Crippen LogP contribution >= 0.6 is 15.9 Å². The van der Waals surface area contributed by atoms with Gasteiger partial charge in [0.25, 0.3) is 0 Å². The molecular formula is C16H22BrN3O. The molecule has 0 radical (unpaired) electrons. The highest BCUT2D eigenvalue weighted by Gasteiger charge is 2.41. The average Bonchev–Trinajstić information content (AvgIpc) is 2.88. The highest BCUT2D eigenvalue weighted by molar-refractivity contribution is 9.10. The maximum atomic E-state index is 11.9. The van der Waals surface area contributed by atoms with Gasteiger partial charge in [-0.05, 0) is 37.1 Å². The predicted octanol–water partition coefficient (Wildman–Crippen LogP) is 2.27. The number of nitrogens with one attached hydrogen (secondary N) is 2. The van der Waals surface area contributed by atoms with Crippen molar-refractivity contribution in [2.45, 2.75) is 32.4 Å². The first kappa shape index (κ1) is 14.9. The van der Waals surface area contributed by atoms with E-state index >= 15 is 0 Å². The Kier molecular flexibility index (Phi) is 4.50. The van der Waals surface area contributed by atoms with Crippen molar-refractivity contribution in [3.63, 3.8) is 0 Å². The number of amides is 1. The summed E-state index contributed by atoms with van der Waals surface area (Å²) < 4.78 is 1.09. The molecule has 2 aliphatic rings. The molecule has 0 bridgehead atoms. The minimum Gasteiger partial charge on any atom is -0.366 e. The van der Waals surface area contributed by atoms with Crippen LogP contribution in [0.2, 0.25) is 0 Å². The Balaban J connectivity index is 1.91. The molecule has 114 valence electrons. The van der Waals surface area contributed by atoms with Crippen molar-refractivity contribution in [3.05, 3.63) is 28.2 Å². The summed E-state index contributed by atoms with van der Waals surface area (Å²) >= 11 is 3.59. The quantitative estimate of drug-likeness (QED) is 0.874. The smallest absolute Gasteiger partial charge is 0.225 e. The van der Waals surface area contributed by atoms with Crippen LogP contribution in [0.25, 0.3) is 0 Å². The summed E-state index contributed by atoms with van der Waals surface area (Å²) in [6, 6.07) is 6.77. The van der Waals surface area contributed by atoms with Crippen LogP contribution in [-0.4, -0.2) is 31.6 Å². The highest BCUT2D eigenvalue weighted by Crippen LogP contribution is 2.34. The van der Waals surface area contributed by atoms with Gasteiger partial charge in [-0.2, -0.15) is 0 Å². The molecule has 0 saturated carbocycles. The summed E-state index contributed by atoms with van der Waals surface area (Å²) in [5.74, 6) is 0.387. The third-order valence-electron chi connectivity index (χ3n) is 4.52. The molecule has 2 aliphatic heterocycles.